The monoisotopic (exact) mass is 257 g/mol. The molecule has 0 aromatic heterocycles. The molecular weight excluding hydrogens is 234 g/mol. The minimum absolute atomic E-state index is 0.493. The van der Waals surface area contributed by atoms with Crippen LogP contribution in [0.5, 0.6) is 0 Å². The number of rotatable bonds is 4. The Bertz CT molecular complexity index is 457. The second-order valence-electron chi connectivity index (χ2n) is 5.30. The molecule has 0 radical (unpaired) electrons. The number of anilines is 1. The summed E-state index contributed by atoms with van der Waals surface area (Å²) in [5.41, 5.74) is 3.61. The van der Waals surface area contributed by atoms with Crippen LogP contribution in [0, 0.1) is 13.8 Å². The Morgan fingerprint density at radius 2 is 1.95 bits per heavy atom. The summed E-state index contributed by atoms with van der Waals surface area (Å²) in [6, 6.07) is 6.83. The Morgan fingerprint density at radius 1 is 1.16 bits per heavy atom. The van der Waals surface area contributed by atoms with Crippen molar-refractivity contribution in [3.8, 4) is 0 Å². The number of aliphatic imine (C=N–C) groups is 2. The van der Waals surface area contributed by atoms with Crippen molar-refractivity contribution < 1.29 is 0 Å². The highest BCUT2D eigenvalue weighted by Gasteiger charge is 2.10. The number of hydrogen-bond acceptors (Lipinski definition) is 1. The number of nitrogens with one attached hydrogen (secondary N) is 1. The lowest BCUT2D eigenvalue weighted by molar-refractivity contribution is 0.444. The van der Waals surface area contributed by atoms with Crippen molar-refractivity contribution >= 4 is 18.4 Å². The quantitative estimate of drug-likeness (QED) is 0.639. The predicted octanol–water partition coefficient (Wildman–Crippen LogP) is 4.10. The molecule has 1 aromatic rings. The highest BCUT2D eigenvalue weighted by Crippen LogP contribution is 2.19. The van der Waals surface area contributed by atoms with Crippen LogP contribution >= 0.6 is 0 Å². The van der Waals surface area contributed by atoms with Gasteiger partial charge in [0.05, 0.1) is 12.4 Å². The van der Waals surface area contributed by atoms with Crippen molar-refractivity contribution in [2.75, 3.05) is 5.32 Å². The van der Waals surface area contributed by atoms with Crippen LogP contribution in [0.15, 0.2) is 28.2 Å². The summed E-state index contributed by atoms with van der Waals surface area (Å²) in [4.78, 5) is 8.68. The van der Waals surface area contributed by atoms with E-state index >= 15 is 0 Å². The molecule has 1 aliphatic carbocycles. The first-order chi connectivity index (χ1) is 9.25. The van der Waals surface area contributed by atoms with Crippen molar-refractivity contribution in [3.05, 3.63) is 29.3 Å². The van der Waals surface area contributed by atoms with Gasteiger partial charge < -0.3 is 5.32 Å². The van der Waals surface area contributed by atoms with Gasteiger partial charge in [-0.05, 0) is 38.3 Å². The van der Waals surface area contributed by atoms with E-state index in [0.717, 1.165) is 5.69 Å². The van der Waals surface area contributed by atoms with Gasteiger partial charge in [-0.2, -0.15) is 0 Å². The molecule has 1 aliphatic rings. The van der Waals surface area contributed by atoms with E-state index in [1.54, 1.807) is 12.7 Å². The molecule has 3 nitrogen and oxygen atoms in total. The van der Waals surface area contributed by atoms with Crippen molar-refractivity contribution in [2.45, 2.75) is 52.0 Å². The maximum Gasteiger partial charge on any atom is 0.111 e. The van der Waals surface area contributed by atoms with Crippen LogP contribution in [-0.4, -0.2) is 18.7 Å². The average Bonchev–Trinajstić information content (AvgIpc) is 2.42. The molecule has 0 heterocycles. The minimum atomic E-state index is 0.493. The van der Waals surface area contributed by atoms with Gasteiger partial charge in [0.15, 0.2) is 0 Å². The van der Waals surface area contributed by atoms with E-state index in [0.29, 0.717) is 6.04 Å². The van der Waals surface area contributed by atoms with E-state index in [1.807, 2.05) is 0 Å². The summed E-state index contributed by atoms with van der Waals surface area (Å²) in [6.07, 6.45) is 9.83. The van der Waals surface area contributed by atoms with Gasteiger partial charge in [0, 0.05) is 5.69 Å². The van der Waals surface area contributed by atoms with Gasteiger partial charge in [-0.1, -0.05) is 37.0 Å². The Morgan fingerprint density at radius 3 is 2.68 bits per heavy atom. The van der Waals surface area contributed by atoms with Gasteiger partial charge in [0.1, 0.15) is 6.34 Å². The van der Waals surface area contributed by atoms with E-state index in [2.05, 4.69) is 47.3 Å². The summed E-state index contributed by atoms with van der Waals surface area (Å²) < 4.78 is 0. The van der Waals surface area contributed by atoms with Crippen LogP contribution in [0.1, 0.15) is 43.2 Å². The van der Waals surface area contributed by atoms with Crippen LogP contribution in [0.2, 0.25) is 0 Å². The Hall–Kier alpha value is -1.64. The molecule has 19 heavy (non-hydrogen) atoms. The van der Waals surface area contributed by atoms with E-state index in [9.17, 15) is 0 Å². The zero-order valence-electron chi connectivity index (χ0n) is 11.9. The molecule has 1 N–H and O–H groups in total. The van der Waals surface area contributed by atoms with Gasteiger partial charge in [0.25, 0.3) is 0 Å². The number of aryl methyl sites for hydroxylation is 2. The highest BCUT2D eigenvalue weighted by molar-refractivity contribution is 5.82. The van der Waals surface area contributed by atoms with Gasteiger partial charge in [0.2, 0.25) is 0 Å². The van der Waals surface area contributed by atoms with Crippen molar-refractivity contribution in [1.82, 2.24) is 0 Å². The van der Waals surface area contributed by atoms with E-state index in [-0.39, 0.29) is 0 Å². The molecule has 0 aliphatic heterocycles. The molecule has 0 amide bonds. The Balaban J connectivity index is 1.81. The summed E-state index contributed by atoms with van der Waals surface area (Å²) in [5.74, 6) is 0. The lowest BCUT2D eigenvalue weighted by atomic mass is 9.96. The first-order valence-electron chi connectivity index (χ1n) is 7.13. The number of nitrogens with zero attached hydrogens (tertiary/aromatic N) is 2. The molecule has 1 aromatic carbocycles. The maximum atomic E-state index is 4.49. The minimum Gasteiger partial charge on any atom is -0.346 e. The van der Waals surface area contributed by atoms with Crippen molar-refractivity contribution in [2.24, 2.45) is 9.98 Å². The third-order valence-corrected chi connectivity index (χ3v) is 3.60. The average molecular weight is 257 g/mol. The molecule has 0 saturated heterocycles. The molecule has 2 rings (SSSR count). The topological polar surface area (TPSA) is 36.8 Å². The lowest BCUT2D eigenvalue weighted by Gasteiger charge is -2.16. The lowest BCUT2D eigenvalue weighted by Crippen LogP contribution is -2.09. The fourth-order valence-corrected chi connectivity index (χ4v) is 2.48. The molecule has 0 bridgehead atoms. The Kier molecular flexibility index (Phi) is 5.13. The first-order valence-corrected chi connectivity index (χ1v) is 7.13. The van der Waals surface area contributed by atoms with Gasteiger partial charge >= 0.3 is 0 Å². The molecule has 3 heteroatoms. The number of hydrogen-bond donors (Lipinski definition) is 1. The number of benzene rings is 1. The highest BCUT2D eigenvalue weighted by atomic mass is 15.0. The van der Waals surface area contributed by atoms with Crippen molar-refractivity contribution in [3.63, 3.8) is 0 Å². The zero-order chi connectivity index (χ0) is 13.5. The van der Waals surface area contributed by atoms with Crippen LogP contribution in [0.4, 0.5) is 5.69 Å². The Labute approximate surface area is 115 Å². The van der Waals surface area contributed by atoms with E-state index in [1.165, 1.54) is 43.2 Å². The second-order valence-corrected chi connectivity index (χ2v) is 5.30. The molecule has 0 unspecified atom stereocenters. The molecule has 0 atom stereocenters. The molecule has 1 saturated carbocycles. The molecule has 1 fully saturated rings. The smallest absolute Gasteiger partial charge is 0.111 e. The molecule has 102 valence electrons. The van der Waals surface area contributed by atoms with Gasteiger partial charge in [-0.15, -0.1) is 0 Å². The van der Waals surface area contributed by atoms with E-state index in [4.69, 9.17) is 0 Å². The van der Waals surface area contributed by atoms with Gasteiger partial charge in [-0.3, -0.25) is 4.99 Å². The fraction of sp³-hybridized carbons (Fsp3) is 0.500. The van der Waals surface area contributed by atoms with Crippen LogP contribution in [0.3, 0.4) is 0 Å². The van der Waals surface area contributed by atoms with Crippen LogP contribution in [0.25, 0.3) is 0 Å². The maximum absolute atomic E-state index is 4.49. The zero-order valence-corrected chi connectivity index (χ0v) is 11.9. The van der Waals surface area contributed by atoms with Crippen LogP contribution in [-0.2, 0) is 0 Å². The summed E-state index contributed by atoms with van der Waals surface area (Å²) in [6.45, 7) is 4.20. The fourth-order valence-electron chi connectivity index (χ4n) is 2.48. The first kappa shape index (κ1) is 13.8. The summed E-state index contributed by atoms with van der Waals surface area (Å²) >= 11 is 0. The third kappa shape index (κ3) is 4.51. The molecular formula is C16H23N3. The molecule has 0 spiro atoms. The predicted molar refractivity (Wildman–Crippen MR) is 83.4 cm³/mol. The standard InChI is InChI=1S/C16H23N3/c1-13-8-9-16(14(2)10-13)19-12-17-11-18-15-6-4-3-5-7-15/h8-12,15H,3-7H2,1-2H3,(H,17,18,19). The SMILES string of the molecule is Cc1ccc(NC=NC=NC2CCCCC2)c(C)c1. The summed E-state index contributed by atoms with van der Waals surface area (Å²) in [7, 11) is 0. The summed E-state index contributed by atoms with van der Waals surface area (Å²) in [5, 5.41) is 3.19. The van der Waals surface area contributed by atoms with Crippen molar-refractivity contribution in [1.29, 1.82) is 0 Å². The largest absolute Gasteiger partial charge is 0.346 e. The van der Waals surface area contributed by atoms with Gasteiger partial charge in [-0.25, -0.2) is 4.99 Å². The van der Waals surface area contributed by atoms with E-state index < -0.39 is 0 Å². The van der Waals surface area contributed by atoms with Crippen LogP contribution < -0.4 is 5.32 Å². The normalized spacial score (nSPS) is 17.4. The second kappa shape index (κ2) is 7.07. The third-order valence-electron chi connectivity index (χ3n) is 3.60.